The molecule has 0 aliphatic rings. The summed E-state index contributed by atoms with van der Waals surface area (Å²) in [6, 6.07) is 2.09. The van der Waals surface area contributed by atoms with Crippen LogP contribution in [0.3, 0.4) is 0 Å². The van der Waals surface area contributed by atoms with Crippen molar-refractivity contribution >= 4 is 33.5 Å². The molecule has 1 aromatic rings. The monoisotopic (exact) mass is 332 g/mol. The topological polar surface area (TPSA) is 32.6 Å². The van der Waals surface area contributed by atoms with Crippen LogP contribution in [-0.2, 0) is 13.6 Å². The number of guanidine groups is 1. The lowest BCUT2D eigenvalue weighted by atomic mass is 10.4. The van der Waals surface area contributed by atoms with Gasteiger partial charge in [-0.1, -0.05) is 18.2 Å². The molecule has 0 aliphatic carbocycles. The molecular weight excluding hydrogens is 316 g/mol. The third-order valence-electron chi connectivity index (χ3n) is 2.49. The Bertz CT molecular complexity index is 453. The summed E-state index contributed by atoms with van der Waals surface area (Å²) in [4.78, 5) is 6.23. The van der Waals surface area contributed by atoms with Crippen molar-refractivity contribution in [3.8, 4) is 0 Å². The smallest absolute Gasteiger partial charge is 0.194 e. The van der Waals surface area contributed by atoms with Crippen molar-refractivity contribution in [3.05, 3.63) is 34.0 Å². The fraction of sp³-hybridized carbons (Fsp3) is 0.417. The van der Waals surface area contributed by atoms with E-state index in [1.54, 1.807) is 7.05 Å². The number of hydrogen-bond acceptors (Lipinski definition) is 1. The van der Waals surface area contributed by atoms with E-state index in [-0.39, 0.29) is 0 Å². The molecule has 0 saturated carbocycles. The quantitative estimate of drug-likeness (QED) is 0.678. The second-order valence-corrected chi connectivity index (χ2v) is 5.48. The molecule has 6 heteroatoms. The van der Waals surface area contributed by atoms with E-state index in [0.717, 1.165) is 17.0 Å². The highest BCUT2D eigenvalue weighted by Crippen LogP contribution is 2.14. The summed E-state index contributed by atoms with van der Waals surface area (Å²) in [5, 5.41) is 3.70. The Kier molecular flexibility index (Phi) is 5.75. The SMILES string of the molecule is C=C(Cl)CNC(=NC)N(C)Cc1cc(Br)cn1C. The lowest BCUT2D eigenvalue weighted by molar-refractivity contribution is 0.465. The molecule has 0 aliphatic heterocycles. The van der Waals surface area contributed by atoms with Crippen LogP contribution in [0.2, 0.25) is 0 Å². The van der Waals surface area contributed by atoms with Crippen LogP contribution in [0.5, 0.6) is 0 Å². The predicted octanol–water partition coefficient (Wildman–Crippen LogP) is 2.55. The second kappa shape index (κ2) is 6.85. The number of aliphatic imine (C=N–C) groups is 1. The molecule has 1 aromatic heterocycles. The molecule has 0 spiro atoms. The minimum Gasteiger partial charge on any atom is -0.352 e. The van der Waals surface area contributed by atoms with Crippen molar-refractivity contribution in [3.63, 3.8) is 0 Å². The van der Waals surface area contributed by atoms with Crippen molar-refractivity contribution in [2.24, 2.45) is 12.0 Å². The molecule has 0 bridgehead atoms. The number of nitrogens with one attached hydrogen (secondary N) is 1. The molecular formula is C12H18BrClN4. The van der Waals surface area contributed by atoms with Gasteiger partial charge in [0.25, 0.3) is 0 Å². The van der Waals surface area contributed by atoms with Crippen LogP contribution in [0.4, 0.5) is 0 Å². The third-order valence-corrected chi connectivity index (χ3v) is 3.05. The second-order valence-electron chi connectivity index (χ2n) is 4.03. The number of rotatable bonds is 4. The summed E-state index contributed by atoms with van der Waals surface area (Å²) < 4.78 is 3.15. The average molecular weight is 334 g/mol. The van der Waals surface area contributed by atoms with Gasteiger partial charge in [-0.2, -0.15) is 0 Å². The van der Waals surface area contributed by atoms with E-state index in [2.05, 4.69) is 43.5 Å². The minimum absolute atomic E-state index is 0.509. The van der Waals surface area contributed by atoms with Gasteiger partial charge in [-0.15, -0.1) is 0 Å². The van der Waals surface area contributed by atoms with Gasteiger partial charge in [0.05, 0.1) is 13.1 Å². The summed E-state index contributed by atoms with van der Waals surface area (Å²) in [5.74, 6) is 0.786. The zero-order chi connectivity index (χ0) is 13.7. The molecule has 0 radical (unpaired) electrons. The van der Waals surface area contributed by atoms with Crippen LogP contribution in [0, 0.1) is 0 Å². The summed E-state index contributed by atoms with van der Waals surface area (Å²) in [7, 11) is 5.74. The lowest BCUT2D eigenvalue weighted by Crippen LogP contribution is -2.39. The number of aryl methyl sites for hydroxylation is 1. The Labute approximate surface area is 121 Å². The normalized spacial score (nSPS) is 11.5. The van der Waals surface area contributed by atoms with Crippen molar-refractivity contribution in [2.75, 3.05) is 20.6 Å². The van der Waals surface area contributed by atoms with Gasteiger partial charge in [0.2, 0.25) is 0 Å². The lowest BCUT2D eigenvalue weighted by Gasteiger charge is -2.22. The third kappa shape index (κ3) is 4.38. The first-order valence-corrected chi connectivity index (χ1v) is 6.67. The minimum atomic E-state index is 0.509. The number of hydrogen-bond donors (Lipinski definition) is 1. The Morgan fingerprint density at radius 3 is 2.78 bits per heavy atom. The summed E-state index contributed by atoms with van der Waals surface area (Å²) in [5.41, 5.74) is 1.19. The Hall–Kier alpha value is -0.940. The Balaban J connectivity index is 2.65. The summed E-state index contributed by atoms with van der Waals surface area (Å²) in [6.45, 7) is 4.91. The first kappa shape index (κ1) is 15.1. The molecule has 100 valence electrons. The van der Waals surface area contributed by atoms with E-state index in [4.69, 9.17) is 11.6 Å². The van der Waals surface area contributed by atoms with Gasteiger partial charge in [-0.3, -0.25) is 4.99 Å². The van der Waals surface area contributed by atoms with Crippen molar-refractivity contribution < 1.29 is 0 Å². The van der Waals surface area contributed by atoms with Crippen LogP contribution >= 0.6 is 27.5 Å². The highest BCUT2D eigenvalue weighted by Gasteiger charge is 2.09. The van der Waals surface area contributed by atoms with Crippen LogP contribution < -0.4 is 5.32 Å². The first-order valence-electron chi connectivity index (χ1n) is 5.50. The fourth-order valence-corrected chi connectivity index (χ4v) is 2.24. The highest BCUT2D eigenvalue weighted by molar-refractivity contribution is 9.10. The summed E-state index contributed by atoms with van der Waals surface area (Å²) >= 11 is 9.19. The summed E-state index contributed by atoms with van der Waals surface area (Å²) in [6.07, 6.45) is 2.03. The largest absolute Gasteiger partial charge is 0.352 e. The van der Waals surface area contributed by atoms with E-state index in [0.29, 0.717) is 11.6 Å². The van der Waals surface area contributed by atoms with E-state index in [1.807, 2.05) is 25.2 Å². The molecule has 0 atom stereocenters. The molecule has 0 unspecified atom stereocenters. The number of nitrogens with zero attached hydrogens (tertiary/aromatic N) is 3. The number of halogens is 2. The maximum absolute atomic E-state index is 5.73. The van der Waals surface area contributed by atoms with E-state index in [1.165, 1.54) is 5.69 Å². The molecule has 1 heterocycles. The van der Waals surface area contributed by atoms with Crippen LogP contribution in [0.15, 0.2) is 33.3 Å². The highest BCUT2D eigenvalue weighted by atomic mass is 79.9. The molecule has 0 fully saturated rings. The van der Waals surface area contributed by atoms with Gasteiger partial charge in [0.1, 0.15) is 0 Å². The Morgan fingerprint density at radius 2 is 2.33 bits per heavy atom. The molecule has 18 heavy (non-hydrogen) atoms. The van der Waals surface area contributed by atoms with E-state index >= 15 is 0 Å². The molecule has 0 saturated heterocycles. The Morgan fingerprint density at radius 1 is 1.67 bits per heavy atom. The van der Waals surface area contributed by atoms with E-state index in [9.17, 15) is 0 Å². The molecule has 1 rings (SSSR count). The maximum Gasteiger partial charge on any atom is 0.194 e. The van der Waals surface area contributed by atoms with Crippen LogP contribution in [0.1, 0.15) is 5.69 Å². The van der Waals surface area contributed by atoms with Crippen molar-refractivity contribution in [2.45, 2.75) is 6.54 Å². The zero-order valence-corrected chi connectivity index (χ0v) is 13.2. The molecule has 4 nitrogen and oxygen atoms in total. The fourth-order valence-electron chi connectivity index (χ4n) is 1.60. The van der Waals surface area contributed by atoms with Gasteiger partial charge >= 0.3 is 0 Å². The van der Waals surface area contributed by atoms with Crippen LogP contribution in [-0.4, -0.2) is 36.1 Å². The van der Waals surface area contributed by atoms with Gasteiger partial charge in [0, 0.05) is 42.5 Å². The van der Waals surface area contributed by atoms with Gasteiger partial charge in [-0.25, -0.2) is 0 Å². The zero-order valence-electron chi connectivity index (χ0n) is 10.9. The van der Waals surface area contributed by atoms with Crippen molar-refractivity contribution in [1.29, 1.82) is 0 Å². The van der Waals surface area contributed by atoms with Gasteiger partial charge in [-0.05, 0) is 22.0 Å². The first-order chi connectivity index (χ1) is 8.43. The van der Waals surface area contributed by atoms with Crippen molar-refractivity contribution in [1.82, 2.24) is 14.8 Å². The number of aromatic nitrogens is 1. The predicted molar refractivity (Wildman–Crippen MR) is 80.9 cm³/mol. The van der Waals surface area contributed by atoms with Gasteiger partial charge in [0.15, 0.2) is 5.96 Å². The standard InChI is InChI=1S/C12H18BrClN4/c1-9(14)6-16-12(15-2)18(4)8-11-5-10(13)7-17(11)3/h5,7H,1,6,8H2,2-4H3,(H,15,16). The molecule has 0 aromatic carbocycles. The van der Waals surface area contributed by atoms with E-state index < -0.39 is 0 Å². The maximum atomic E-state index is 5.73. The molecule has 0 amide bonds. The van der Waals surface area contributed by atoms with Crippen LogP contribution in [0.25, 0.3) is 0 Å². The van der Waals surface area contributed by atoms with Gasteiger partial charge < -0.3 is 14.8 Å². The average Bonchev–Trinajstić information content (AvgIpc) is 2.57. The molecule has 1 N–H and O–H groups in total.